The maximum Gasteiger partial charge on any atom is 0.201 e. The monoisotopic (exact) mass is 282 g/mol. The van der Waals surface area contributed by atoms with Gasteiger partial charge in [0.2, 0.25) is 11.1 Å². The van der Waals surface area contributed by atoms with Crippen LogP contribution in [0, 0.1) is 0 Å². The molecule has 0 amide bonds. The van der Waals surface area contributed by atoms with E-state index >= 15 is 0 Å². The average molecular weight is 282 g/mol. The fourth-order valence-corrected chi connectivity index (χ4v) is 3.75. The van der Waals surface area contributed by atoms with Crippen molar-refractivity contribution in [1.29, 1.82) is 0 Å². The van der Waals surface area contributed by atoms with Gasteiger partial charge in [-0.15, -0.1) is 0 Å². The summed E-state index contributed by atoms with van der Waals surface area (Å²) >= 11 is -0.289. The first-order valence-electron chi connectivity index (χ1n) is 4.90. The molecule has 0 aliphatic heterocycles. The van der Waals surface area contributed by atoms with E-state index in [1.807, 2.05) is 48.5 Å². The Morgan fingerprint density at radius 2 is 1.47 bits per heavy atom. The van der Waals surface area contributed by atoms with Crippen molar-refractivity contribution in [2.24, 2.45) is 0 Å². The van der Waals surface area contributed by atoms with Crippen LogP contribution in [0.5, 0.6) is 0 Å². The van der Waals surface area contributed by atoms with Crippen molar-refractivity contribution >= 4 is 32.9 Å². The zero-order valence-electron chi connectivity index (χ0n) is 8.81. The summed E-state index contributed by atoms with van der Waals surface area (Å²) in [6.07, 6.45) is 0. The molecule has 1 atom stereocenters. The first kappa shape index (κ1) is 12.7. The van der Waals surface area contributed by atoms with E-state index < -0.39 is 11.1 Å². The Balaban J connectivity index is 1.82. The molecule has 88 valence electrons. The molecule has 0 saturated heterocycles. The molecular weight excluding hydrogens is 272 g/mol. The number of hydrogen-bond donors (Lipinski definition) is 0. The van der Waals surface area contributed by atoms with Gasteiger partial charge < -0.3 is 0 Å². The predicted octanol–water partition coefficient (Wildman–Crippen LogP) is 4.08. The van der Waals surface area contributed by atoms with E-state index in [4.69, 9.17) is 3.63 Å². The molecule has 5 heteroatoms. The Kier molecular flexibility index (Phi) is 5.12. The summed E-state index contributed by atoms with van der Waals surface area (Å²) in [4.78, 5) is 1.75. The molecule has 0 spiro atoms. The Bertz CT molecular complexity index is 474. The largest absolute Gasteiger partial charge is 0.223 e. The molecular formula is C12H10O2S3. The topological polar surface area (TPSA) is 26.3 Å². The highest BCUT2D eigenvalue weighted by molar-refractivity contribution is 8.75. The Hall–Kier alpha value is -0.750. The van der Waals surface area contributed by atoms with Crippen LogP contribution in [0.2, 0.25) is 0 Å². The van der Waals surface area contributed by atoms with Crippen molar-refractivity contribution in [3.8, 4) is 0 Å². The third-order valence-corrected chi connectivity index (χ3v) is 5.09. The molecule has 2 aromatic rings. The van der Waals surface area contributed by atoms with Crippen molar-refractivity contribution in [3.05, 3.63) is 60.7 Å². The second-order valence-electron chi connectivity index (χ2n) is 3.08. The summed E-state index contributed by atoms with van der Waals surface area (Å²) in [7, 11) is 1.44. The fraction of sp³-hybridized carbons (Fsp3) is 0. The van der Waals surface area contributed by atoms with Crippen molar-refractivity contribution in [3.63, 3.8) is 0 Å². The van der Waals surface area contributed by atoms with Crippen molar-refractivity contribution in [2.45, 2.75) is 9.79 Å². The quantitative estimate of drug-likeness (QED) is 0.609. The van der Waals surface area contributed by atoms with Gasteiger partial charge in [-0.25, -0.2) is 7.84 Å². The standard InChI is InChI=1S/C12H10O2S3/c13-17(12-9-5-2-6-10-12)14-16-15-11-7-3-1-4-8-11/h1-10H. The van der Waals surface area contributed by atoms with Crippen LogP contribution in [0.3, 0.4) is 0 Å². The molecule has 0 N–H and O–H groups in total. The van der Waals surface area contributed by atoms with Crippen molar-refractivity contribution in [2.75, 3.05) is 0 Å². The van der Waals surface area contributed by atoms with Gasteiger partial charge in [-0.1, -0.05) is 36.4 Å². The van der Waals surface area contributed by atoms with E-state index in [9.17, 15) is 4.21 Å². The number of rotatable bonds is 5. The van der Waals surface area contributed by atoms with E-state index in [1.165, 1.54) is 10.8 Å². The van der Waals surface area contributed by atoms with E-state index in [0.29, 0.717) is 4.90 Å². The molecule has 0 aromatic heterocycles. The highest BCUT2D eigenvalue weighted by Gasteiger charge is 2.04. The second-order valence-corrected chi connectivity index (χ2v) is 6.25. The summed E-state index contributed by atoms with van der Waals surface area (Å²) in [5.74, 6) is 0. The van der Waals surface area contributed by atoms with Crippen LogP contribution in [-0.4, -0.2) is 4.21 Å². The minimum atomic E-state index is -1.41. The summed E-state index contributed by atoms with van der Waals surface area (Å²) in [6.45, 7) is 0. The predicted molar refractivity (Wildman–Crippen MR) is 73.8 cm³/mol. The van der Waals surface area contributed by atoms with E-state index in [0.717, 1.165) is 16.0 Å². The lowest BCUT2D eigenvalue weighted by molar-refractivity contribution is 0.613. The van der Waals surface area contributed by atoms with E-state index in [1.54, 1.807) is 12.1 Å². The number of benzene rings is 2. The lowest BCUT2D eigenvalue weighted by Gasteiger charge is -2.01. The average Bonchev–Trinajstić information content (AvgIpc) is 2.41. The zero-order valence-corrected chi connectivity index (χ0v) is 11.3. The van der Waals surface area contributed by atoms with Crippen molar-refractivity contribution < 1.29 is 7.84 Å². The van der Waals surface area contributed by atoms with Gasteiger partial charge in [0.1, 0.15) is 0 Å². The van der Waals surface area contributed by atoms with Crippen molar-refractivity contribution in [1.82, 2.24) is 0 Å². The van der Waals surface area contributed by atoms with Gasteiger partial charge >= 0.3 is 0 Å². The molecule has 0 heterocycles. The third kappa shape index (κ3) is 4.20. The summed E-state index contributed by atoms with van der Waals surface area (Å²) in [5, 5.41) is 0. The van der Waals surface area contributed by atoms with Crippen LogP contribution < -0.4 is 0 Å². The molecule has 0 bridgehead atoms. The zero-order chi connectivity index (χ0) is 11.9. The third-order valence-electron chi connectivity index (χ3n) is 1.90. The molecule has 0 fully saturated rings. The van der Waals surface area contributed by atoms with Crippen LogP contribution in [0.4, 0.5) is 0 Å². The Labute approximate surface area is 111 Å². The van der Waals surface area contributed by atoms with Gasteiger partial charge in [-0.05, 0) is 35.1 Å². The molecule has 2 aromatic carbocycles. The van der Waals surface area contributed by atoms with E-state index in [-0.39, 0.29) is 0 Å². The molecule has 2 rings (SSSR count). The number of hydrogen-bond acceptors (Lipinski definition) is 4. The summed E-state index contributed by atoms with van der Waals surface area (Å²) in [6, 6.07) is 18.9. The lowest BCUT2D eigenvalue weighted by Crippen LogP contribution is -1.89. The van der Waals surface area contributed by atoms with E-state index in [2.05, 4.69) is 0 Å². The van der Waals surface area contributed by atoms with Crippen LogP contribution in [0.15, 0.2) is 70.5 Å². The van der Waals surface area contributed by atoms with Gasteiger partial charge in [0.05, 0.1) is 16.0 Å². The van der Waals surface area contributed by atoms with Crippen LogP contribution >= 0.6 is 21.9 Å². The molecule has 0 radical (unpaired) electrons. The molecule has 0 aliphatic carbocycles. The molecule has 0 aliphatic rings. The second kappa shape index (κ2) is 6.86. The summed E-state index contributed by atoms with van der Waals surface area (Å²) in [5.41, 5.74) is 0. The fourth-order valence-electron chi connectivity index (χ4n) is 1.13. The lowest BCUT2D eigenvalue weighted by atomic mass is 10.4. The molecule has 1 unspecified atom stereocenters. The van der Waals surface area contributed by atoms with Gasteiger partial charge in [0.15, 0.2) is 0 Å². The smallest absolute Gasteiger partial charge is 0.201 e. The molecule has 2 nitrogen and oxygen atoms in total. The molecule has 0 saturated carbocycles. The summed E-state index contributed by atoms with van der Waals surface area (Å²) < 4.78 is 16.9. The minimum Gasteiger partial charge on any atom is -0.223 e. The Morgan fingerprint density at radius 1 is 0.882 bits per heavy atom. The highest BCUT2D eigenvalue weighted by atomic mass is 33.1. The van der Waals surface area contributed by atoms with Crippen LogP contribution in [-0.2, 0) is 14.7 Å². The minimum absolute atomic E-state index is 0.675. The highest BCUT2D eigenvalue weighted by Crippen LogP contribution is 2.33. The SMILES string of the molecule is O=S(OSSc1ccccc1)c1ccccc1. The first-order chi connectivity index (χ1) is 8.36. The normalized spacial score (nSPS) is 12.2. The first-order valence-corrected chi connectivity index (χ1v) is 8.05. The van der Waals surface area contributed by atoms with Gasteiger partial charge in [-0.2, -0.15) is 0 Å². The van der Waals surface area contributed by atoms with Gasteiger partial charge in [0, 0.05) is 4.90 Å². The van der Waals surface area contributed by atoms with Gasteiger partial charge in [-0.3, -0.25) is 0 Å². The molecule has 17 heavy (non-hydrogen) atoms. The van der Waals surface area contributed by atoms with Crippen LogP contribution in [0.1, 0.15) is 0 Å². The Morgan fingerprint density at radius 3 is 2.12 bits per heavy atom. The van der Waals surface area contributed by atoms with Gasteiger partial charge in [0.25, 0.3) is 0 Å². The maximum atomic E-state index is 11.7. The maximum absolute atomic E-state index is 11.7. The van der Waals surface area contributed by atoms with Crippen LogP contribution in [0.25, 0.3) is 0 Å².